The fraction of sp³-hybridized carbons (Fsp3) is 0.214. The van der Waals surface area contributed by atoms with Gasteiger partial charge in [-0.1, -0.05) is 18.7 Å². The molecule has 2 N–H and O–H groups in total. The van der Waals surface area contributed by atoms with E-state index in [2.05, 4.69) is 17.2 Å². The molecule has 204 valence electrons. The Balaban J connectivity index is 1.61. The lowest BCUT2D eigenvalue weighted by molar-refractivity contribution is 0.0949. The van der Waals surface area contributed by atoms with E-state index < -0.39 is 58.7 Å². The number of amides is 3. The Kier molecular flexibility index (Phi) is 7.62. The van der Waals surface area contributed by atoms with Gasteiger partial charge in [-0.15, -0.1) is 0 Å². The van der Waals surface area contributed by atoms with Gasteiger partial charge in [0, 0.05) is 72.2 Å². The number of halogens is 5. The number of benzene rings is 3. The maximum atomic E-state index is 14.9. The Morgan fingerprint density at radius 3 is 2.26 bits per heavy atom. The average Bonchev–Trinajstić information content (AvgIpc) is 2.87. The van der Waals surface area contributed by atoms with Crippen LogP contribution in [0.2, 0.25) is 0 Å². The predicted molar refractivity (Wildman–Crippen MR) is 134 cm³/mol. The molecule has 0 saturated carbocycles. The number of hydrogen-bond acceptors (Lipinski definition) is 3. The summed E-state index contributed by atoms with van der Waals surface area (Å²) in [6.07, 6.45) is 1.20. The van der Waals surface area contributed by atoms with E-state index in [9.17, 15) is 31.5 Å². The van der Waals surface area contributed by atoms with Crippen molar-refractivity contribution < 1.29 is 36.3 Å². The summed E-state index contributed by atoms with van der Waals surface area (Å²) in [6.45, 7) is 4.63. The third-order valence-electron chi connectivity index (χ3n) is 6.68. The number of ether oxygens (including phenoxy) is 1. The second-order valence-electron chi connectivity index (χ2n) is 9.20. The minimum atomic E-state index is -1.22. The van der Waals surface area contributed by atoms with Gasteiger partial charge in [0.2, 0.25) is 0 Å². The molecule has 3 amide bonds. The Hall–Kier alpha value is -4.41. The van der Waals surface area contributed by atoms with E-state index in [4.69, 9.17) is 4.74 Å². The van der Waals surface area contributed by atoms with Crippen molar-refractivity contribution in [3.05, 3.63) is 106 Å². The predicted octanol–water partition coefficient (Wildman–Crippen LogP) is 5.81. The van der Waals surface area contributed by atoms with Crippen molar-refractivity contribution in [2.45, 2.75) is 25.4 Å². The van der Waals surface area contributed by atoms with Crippen LogP contribution in [0, 0.1) is 29.1 Å². The monoisotopic (exact) mass is 545 g/mol. The van der Waals surface area contributed by atoms with E-state index in [0.717, 1.165) is 12.1 Å². The summed E-state index contributed by atoms with van der Waals surface area (Å²) in [7, 11) is 1.47. The van der Waals surface area contributed by atoms with Crippen LogP contribution in [-0.4, -0.2) is 30.5 Å². The highest BCUT2D eigenvalue weighted by atomic mass is 19.2. The molecule has 11 heteroatoms. The molecule has 1 aliphatic heterocycles. The zero-order valence-electron chi connectivity index (χ0n) is 21.0. The van der Waals surface area contributed by atoms with E-state index in [0.29, 0.717) is 17.7 Å². The maximum Gasteiger partial charge on any atom is 0.322 e. The average molecular weight is 546 g/mol. The molecule has 0 spiro atoms. The van der Waals surface area contributed by atoms with Crippen LogP contribution >= 0.6 is 0 Å². The molecule has 0 aliphatic carbocycles. The summed E-state index contributed by atoms with van der Waals surface area (Å²) >= 11 is 0. The van der Waals surface area contributed by atoms with Gasteiger partial charge in [0.25, 0.3) is 5.91 Å². The van der Waals surface area contributed by atoms with Crippen LogP contribution in [0.4, 0.5) is 32.4 Å². The van der Waals surface area contributed by atoms with Crippen molar-refractivity contribution in [1.82, 2.24) is 10.2 Å². The lowest BCUT2D eigenvalue weighted by atomic mass is 9.81. The van der Waals surface area contributed by atoms with Gasteiger partial charge in [0.15, 0.2) is 0 Å². The molecular formula is C28H24F5N3O3. The topological polar surface area (TPSA) is 70.7 Å². The Bertz CT molecular complexity index is 1430. The van der Waals surface area contributed by atoms with Crippen LogP contribution in [0.15, 0.2) is 55.1 Å². The van der Waals surface area contributed by atoms with Crippen molar-refractivity contribution in [1.29, 1.82) is 0 Å². The van der Waals surface area contributed by atoms with Crippen molar-refractivity contribution >= 4 is 17.6 Å². The highest BCUT2D eigenvalue weighted by Crippen LogP contribution is 2.41. The molecule has 0 bridgehead atoms. The number of fused-ring (bicyclic) bond motifs is 1. The summed E-state index contributed by atoms with van der Waals surface area (Å²) in [5.41, 5.74) is -1.26. The van der Waals surface area contributed by atoms with Crippen LogP contribution in [0.25, 0.3) is 0 Å². The summed E-state index contributed by atoms with van der Waals surface area (Å²) in [4.78, 5) is 26.8. The number of likely N-dealkylation sites (N-methyl/N-ethyl adjacent to an activating group) is 1. The third-order valence-corrected chi connectivity index (χ3v) is 6.68. The number of hydrogen-bond donors (Lipinski definition) is 2. The van der Waals surface area contributed by atoms with Gasteiger partial charge in [0.05, 0.1) is 5.54 Å². The molecule has 0 aromatic heterocycles. The summed E-state index contributed by atoms with van der Waals surface area (Å²) in [5, 5.41) is 4.99. The van der Waals surface area contributed by atoms with Crippen LogP contribution in [0.1, 0.15) is 34.0 Å². The first-order chi connectivity index (χ1) is 18.4. The number of anilines is 1. The second kappa shape index (κ2) is 10.8. The van der Waals surface area contributed by atoms with Gasteiger partial charge >= 0.3 is 6.03 Å². The number of carbonyl (C=O) groups is 2. The number of urea groups is 1. The van der Waals surface area contributed by atoms with E-state index in [1.807, 2.05) is 0 Å². The minimum Gasteiger partial charge on any atom is -0.489 e. The molecule has 1 aliphatic rings. The van der Waals surface area contributed by atoms with Crippen molar-refractivity contribution in [2.75, 3.05) is 19.0 Å². The lowest BCUT2D eigenvalue weighted by Gasteiger charge is -2.44. The maximum absolute atomic E-state index is 14.9. The zero-order chi connectivity index (χ0) is 28.5. The van der Waals surface area contributed by atoms with Crippen molar-refractivity contribution in [3.63, 3.8) is 0 Å². The first kappa shape index (κ1) is 27.6. The van der Waals surface area contributed by atoms with Gasteiger partial charge in [0.1, 0.15) is 41.4 Å². The lowest BCUT2D eigenvalue weighted by Crippen LogP contribution is -2.52. The number of nitrogens with one attached hydrogen (secondary N) is 2. The van der Waals surface area contributed by atoms with Gasteiger partial charge in [-0.25, -0.2) is 26.7 Å². The highest BCUT2D eigenvalue weighted by Gasteiger charge is 2.42. The fourth-order valence-electron chi connectivity index (χ4n) is 4.42. The first-order valence-electron chi connectivity index (χ1n) is 11.8. The molecule has 3 aromatic rings. The van der Waals surface area contributed by atoms with Crippen LogP contribution < -0.4 is 15.4 Å². The Morgan fingerprint density at radius 1 is 1.03 bits per heavy atom. The fourth-order valence-corrected chi connectivity index (χ4v) is 4.42. The molecule has 39 heavy (non-hydrogen) atoms. The number of rotatable bonds is 8. The molecule has 0 saturated heterocycles. The minimum absolute atomic E-state index is 0.00926. The first-order valence-corrected chi connectivity index (χ1v) is 11.8. The molecule has 0 radical (unpaired) electrons. The summed E-state index contributed by atoms with van der Waals surface area (Å²) < 4.78 is 76.1. The zero-order valence-corrected chi connectivity index (χ0v) is 21.0. The van der Waals surface area contributed by atoms with E-state index in [-0.39, 0.29) is 35.6 Å². The number of nitrogens with zero attached hydrogens (tertiary/aromatic N) is 1. The quantitative estimate of drug-likeness (QED) is 0.277. The summed E-state index contributed by atoms with van der Waals surface area (Å²) in [5.74, 6) is -5.82. The van der Waals surface area contributed by atoms with Gasteiger partial charge in [-0.05, 0) is 19.1 Å². The van der Waals surface area contributed by atoms with Crippen LogP contribution in [0.5, 0.6) is 5.75 Å². The van der Waals surface area contributed by atoms with Gasteiger partial charge < -0.3 is 20.3 Å². The van der Waals surface area contributed by atoms with Crippen LogP contribution in [-0.2, 0) is 18.5 Å². The molecule has 6 nitrogen and oxygen atoms in total. The number of carbonyl (C=O) groups excluding carboxylic acids is 2. The largest absolute Gasteiger partial charge is 0.489 e. The Morgan fingerprint density at radius 2 is 1.64 bits per heavy atom. The van der Waals surface area contributed by atoms with Gasteiger partial charge in [-0.2, -0.15) is 0 Å². The Labute approximate surface area is 221 Å². The van der Waals surface area contributed by atoms with E-state index >= 15 is 0 Å². The third kappa shape index (κ3) is 5.43. The van der Waals surface area contributed by atoms with Crippen LogP contribution in [0.3, 0.4) is 0 Å². The molecule has 4 rings (SSSR count). The SMILES string of the molecule is C=CCOc1cc(F)c(C[C@@]2(C)c3ccc(C(=O)NCc4c(F)cc(F)cc4F)cc3NC(=O)N2C)c(F)c1. The summed E-state index contributed by atoms with van der Waals surface area (Å²) in [6, 6.07) is 6.82. The molecule has 1 atom stereocenters. The standard InChI is InChI=1S/C28H24F5N3O3/c1-4-7-39-17-11-23(32)18(24(33)12-17)13-28(2)20-6-5-15(8-25(20)35-27(38)36(28)3)26(37)34-14-19-21(30)9-16(29)10-22(19)31/h4-6,8-12H,1,7,13-14H2,2-3H3,(H,34,37)(H,35,38)/t28-/m0/s1. The highest BCUT2D eigenvalue weighted by molar-refractivity contribution is 5.99. The normalized spacial score (nSPS) is 16.4. The van der Waals surface area contributed by atoms with E-state index in [1.165, 1.54) is 36.2 Å². The van der Waals surface area contributed by atoms with Gasteiger partial charge in [-0.3, -0.25) is 4.79 Å². The molecule has 0 unspecified atom stereocenters. The molecule has 1 heterocycles. The van der Waals surface area contributed by atoms with E-state index in [1.54, 1.807) is 6.92 Å². The second-order valence-corrected chi connectivity index (χ2v) is 9.20. The molecule has 3 aromatic carbocycles. The smallest absolute Gasteiger partial charge is 0.322 e. The van der Waals surface area contributed by atoms with Crippen molar-refractivity contribution in [2.24, 2.45) is 0 Å². The van der Waals surface area contributed by atoms with Crippen molar-refractivity contribution in [3.8, 4) is 5.75 Å². The molecular weight excluding hydrogens is 521 g/mol. The molecule has 0 fully saturated rings.